The lowest BCUT2D eigenvalue weighted by Crippen LogP contribution is -2.38. The summed E-state index contributed by atoms with van der Waals surface area (Å²) < 4.78 is 27.9. The molecule has 0 saturated heterocycles. The minimum absolute atomic E-state index is 0.0371. The number of nitrogens with two attached hydrogens (primary N) is 1. The number of primary sulfonamides is 1. The Labute approximate surface area is 141 Å². The molecular formula is C16H22N2O5S. The van der Waals surface area contributed by atoms with Gasteiger partial charge < -0.3 is 10.1 Å². The van der Waals surface area contributed by atoms with Crippen molar-refractivity contribution in [2.75, 3.05) is 6.61 Å². The van der Waals surface area contributed by atoms with E-state index in [2.05, 4.69) is 5.32 Å². The van der Waals surface area contributed by atoms with Crippen molar-refractivity contribution in [1.29, 1.82) is 0 Å². The van der Waals surface area contributed by atoms with Gasteiger partial charge in [0.1, 0.15) is 0 Å². The van der Waals surface area contributed by atoms with Crippen molar-refractivity contribution in [3.8, 4) is 0 Å². The third-order valence-corrected chi connectivity index (χ3v) is 5.09. The topological polar surface area (TPSA) is 116 Å². The van der Waals surface area contributed by atoms with Crippen LogP contribution in [0.2, 0.25) is 0 Å². The van der Waals surface area contributed by atoms with Gasteiger partial charge in [-0.3, -0.25) is 4.79 Å². The highest BCUT2D eigenvalue weighted by molar-refractivity contribution is 7.89. The number of hydrogen-bond donors (Lipinski definition) is 2. The minimum atomic E-state index is -3.93. The van der Waals surface area contributed by atoms with Crippen LogP contribution < -0.4 is 10.5 Å². The molecule has 1 fully saturated rings. The standard InChI is InChI=1S/C16H22N2O5S/c1-11-7-8-12(9-14(11)24(17,21)22)16(20)23-10-15(19)18-13-5-3-2-4-6-13/h7-9,13H,2-6,10H2,1H3,(H,18,19)(H2,17,21,22). The van der Waals surface area contributed by atoms with Crippen LogP contribution in [-0.2, 0) is 19.6 Å². The van der Waals surface area contributed by atoms with Crippen LogP contribution >= 0.6 is 0 Å². The van der Waals surface area contributed by atoms with Gasteiger partial charge in [-0.25, -0.2) is 18.4 Å². The van der Waals surface area contributed by atoms with Gasteiger partial charge in [0.15, 0.2) is 6.61 Å². The van der Waals surface area contributed by atoms with Gasteiger partial charge in [-0.2, -0.15) is 0 Å². The van der Waals surface area contributed by atoms with Crippen molar-refractivity contribution in [2.24, 2.45) is 5.14 Å². The second kappa shape index (κ2) is 7.76. The number of aryl methyl sites for hydroxylation is 1. The van der Waals surface area contributed by atoms with E-state index in [1.807, 2.05) is 0 Å². The third kappa shape index (κ3) is 5.04. The lowest BCUT2D eigenvalue weighted by Gasteiger charge is -2.22. The number of esters is 1. The predicted octanol–water partition coefficient (Wildman–Crippen LogP) is 1.25. The summed E-state index contributed by atoms with van der Waals surface area (Å²) >= 11 is 0. The summed E-state index contributed by atoms with van der Waals surface area (Å²) in [4.78, 5) is 23.7. The lowest BCUT2D eigenvalue weighted by atomic mass is 9.95. The fourth-order valence-corrected chi connectivity index (χ4v) is 3.57. The van der Waals surface area contributed by atoms with Gasteiger partial charge in [0.2, 0.25) is 10.0 Å². The summed E-state index contributed by atoms with van der Waals surface area (Å²) in [5, 5.41) is 7.95. The van der Waals surface area contributed by atoms with Gasteiger partial charge in [0.05, 0.1) is 10.5 Å². The summed E-state index contributed by atoms with van der Waals surface area (Å²) in [5.74, 6) is -1.12. The molecule has 3 N–H and O–H groups in total. The second-order valence-electron chi connectivity index (χ2n) is 6.00. The fraction of sp³-hybridized carbons (Fsp3) is 0.500. The molecule has 0 aromatic heterocycles. The van der Waals surface area contributed by atoms with Crippen molar-refractivity contribution < 1.29 is 22.7 Å². The number of benzene rings is 1. The van der Waals surface area contributed by atoms with Crippen LogP contribution in [-0.4, -0.2) is 32.9 Å². The second-order valence-corrected chi connectivity index (χ2v) is 7.53. The van der Waals surface area contributed by atoms with Crippen molar-refractivity contribution in [2.45, 2.75) is 50.0 Å². The van der Waals surface area contributed by atoms with Gasteiger partial charge in [0.25, 0.3) is 5.91 Å². The summed E-state index contributed by atoms with van der Waals surface area (Å²) in [7, 11) is -3.93. The largest absolute Gasteiger partial charge is 0.452 e. The smallest absolute Gasteiger partial charge is 0.338 e. The third-order valence-electron chi connectivity index (χ3n) is 4.04. The number of carbonyl (C=O) groups excluding carboxylic acids is 2. The van der Waals surface area contributed by atoms with E-state index >= 15 is 0 Å². The molecule has 0 bridgehead atoms. The van der Waals surface area contributed by atoms with Gasteiger partial charge in [0, 0.05) is 6.04 Å². The molecule has 1 aliphatic carbocycles. The molecule has 0 atom stereocenters. The highest BCUT2D eigenvalue weighted by Gasteiger charge is 2.19. The van der Waals surface area contributed by atoms with E-state index in [9.17, 15) is 18.0 Å². The maximum absolute atomic E-state index is 12.0. The molecule has 7 nitrogen and oxygen atoms in total. The molecule has 0 heterocycles. The molecule has 132 valence electrons. The minimum Gasteiger partial charge on any atom is -0.452 e. The van der Waals surface area contributed by atoms with E-state index < -0.39 is 22.6 Å². The monoisotopic (exact) mass is 354 g/mol. The number of sulfonamides is 1. The molecular weight excluding hydrogens is 332 g/mol. The van der Waals surface area contributed by atoms with E-state index in [-0.39, 0.29) is 22.4 Å². The maximum atomic E-state index is 12.0. The van der Waals surface area contributed by atoms with Crippen molar-refractivity contribution in [1.82, 2.24) is 5.32 Å². The van der Waals surface area contributed by atoms with E-state index in [1.54, 1.807) is 6.92 Å². The molecule has 2 rings (SSSR count). The van der Waals surface area contributed by atoms with Gasteiger partial charge in [-0.05, 0) is 37.5 Å². The molecule has 1 aliphatic rings. The lowest BCUT2D eigenvalue weighted by molar-refractivity contribution is -0.125. The van der Waals surface area contributed by atoms with Crippen LogP contribution in [0, 0.1) is 6.92 Å². The molecule has 24 heavy (non-hydrogen) atoms. The number of carbonyl (C=O) groups is 2. The highest BCUT2D eigenvalue weighted by atomic mass is 32.2. The molecule has 0 spiro atoms. The normalized spacial score (nSPS) is 15.8. The molecule has 0 aliphatic heterocycles. The Bertz CT molecular complexity index is 724. The van der Waals surface area contributed by atoms with Gasteiger partial charge >= 0.3 is 5.97 Å². The van der Waals surface area contributed by atoms with E-state index in [1.165, 1.54) is 18.6 Å². The first-order chi connectivity index (χ1) is 11.3. The zero-order valence-electron chi connectivity index (χ0n) is 13.6. The first kappa shape index (κ1) is 18.4. The van der Waals surface area contributed by atoms with Crippen molar-refractivity contribution in [3.05, 3.63) is 29.3 Å². The molecule has 1 aromatic rings. The Balaban J connectivity index is 1.93. The van der Waals surface area contributed by atoms with Crippen molar-refractivity contribution >= 4 is 21.9 Å². The quantitative estimate of drug-likeness (QED) is 0.772. The summed E-state index contributed by atoms with van der Waals surface area (Å²) in [5.41, 5.74) is 0.471. The van der Waals surface area contributed by atoms with Crippen LogP contribution in [0.15, 0.2) is 23.1 Å². The molecule has 1 aromatic carbocycles. The number of rotatable bonds is 5. The van der Waals surface area contributed by atoms with E-state index in [4.69, 9.17) is 9.88 Å². The SMILES string of the molecule is Cc1ccc(C(=O)OCC(=O)NC2CCCCC2)cc1S(N)(=O)=O. The van der Waals surface area contributed by atoms with Crippen LogP contribution in [0.1, 0.15) is 48.0 Å². The van der Waals surface area contributed by atoms with Crippen LogP contribution in [0.3, 0.4) is 0 Å². The van der Waals surface area contributed by atoms with Crippen molar-refractivity contribution in [3.63, 3.8) is 0 Å². The molecule has 1 saturated carbocycles. The predicted molar refractivity (Wildman–Crippen MR) is 87.9 cm³/mol. The highest BCUT2D eigenvalue weighted by Crippen LogP contribution is 2.18. The summed E-state index contributed by atoms with van der Waals surface area (Å²) in [6.45, 7) is 1.18. The van der Waals surface area contributed by atoms with Gasteiger partial charge in [-0.15, -0.1) is 0 Å². The van der Waals surface area contributed by atoms with Crippen LogP contribution in [0.25, 0.3) is 0 Å². The molecule has 1 amide bonds. The fourth-order valence-electron chi connectivity index (χ4n) is 2.76. The zero-order chi connectivity index (χ0) is 17.7. The Morgan fingerprint density at radius 1 is 1.25 bits per heavy atom. The summed E-state index contributed by atoms with van der Waals surface area (Å²) in [6, 6.07) is 4.20. The summed E-state index contributed by atoms with van der Waals surface area (Å²) in [6.07, 6.45) is 5.24. The van der Waals surface area contributed by atoms with E-state index in [0.29, 0.717) is 5.56 Å². The Morgan fingerprint density at radius 3 is 2.54 bits per heavy atom. The Morgan fingerprint density at radius 2 is 1.92 bits per heavy atom. The van der Waals surface area contributed by atoms with E-state index in [0.717, 1.165) is 31.7 Å². The number of amides is 1. The number of hydrogen-bond acceptors (Lipinski definition) is 5. The molecule has 0 radical (unpaired) electrons. The average Bonchev–Trinajstić information content (AvgIpc) is 2.53. The number of nitrogens with one attached hydrogen (secondary N) is 1. The molecule has 0 unspecified atom stereocenters. The first-order valence-corrected chi connectivity index (χ1v) is 9.42. The van der Waals surface area contributed by atoms with Crippen LogP contribution in [0.5, 0.6) is 0 Å². The average molecular weight is 354 g/mol. The first-order valence-electron chi connectivity index (χ1n) is 7.87. The number of ether oxygens (including phenoxy) is 1. The zero-order valence-corrected chi connectivity index (χ0v) is 14.4. The van der Waals surface area contributed by atoms with Gasteiger partial charge in [-0.1, -0.05) is 25.3 Å². The van der Waals surface area contributed by atoms with Crippen LogP contribution in [0.4, 0.5) is 0 Å². The Kier molecular flexibility index (Phi) is 5.95. The Hall–Kier alpha value is -1.93. The maximum Gasteiger partial charge on any atom is 0.338 e. The molecule has 8 heteroatoms.